The molecule has 3 N–H and O–H groups in total. The number of nitrogen functional groups attached to an aromatic ring is 1. The number of nitrogens with two attached hydrogens (primary N) is 1. The van der Waals surface area contributed by atoms with Crippen LogP contribution in [0.4, 0.5) is 10.9 Å². The Kier molecular flexibility index (Phi) is 3.94. The molecule has 0 bridgehead atoms. The van der Waals surface area contributed by atoms with Crippen LogP contribution < -0.4 is 15.6 Å². The number of H-pyrrole nitrogens is 1. The maximum atomic E-state index is 12.7. The second kappa shape index (κ2) is 6.24. The number of rotatable bonds is 2. The summed E-state index contributed by atoms with van der Waals surface area (Å²) in [5.41, 5.74) is 8.56. The molecule has 1 aromatic heterocycles. The molecule has 1 aliphatic carbocycles. The van der Waals surface area contributed by atoms with E-state index in [-0.39, 0.29) is 5.78 Å². The molecule has 1 aromatic carbocycles. The molecule has 24 heavy (non-hydrogen) atoms. The van der Waals surface area contributed by atoms with Crippen LogP contribution >= 0.6 is 11.3 Å². The van der Waals surface area contributed by atoms with Gasteiger partial charge in [0.05, 0.1) is 13.1 Å². The summed E-state index contributed by atoms with van der Waals surface area (Å²) in [6, 6.07) is 7.68. The average molecular weight is 338 g/mol. The lowest BCUT2D eigenvalue weighted by atomic mass is 9.92. The van der Waals surface area contributed by atoms with Crippen LogP contribution in [-0.2, 0) is 0 Å². The van der Waals surface area contributed by atoms with E-state index in [0.717, 1.165) is 34.2 Å². The average Bonchev–Trinajstić information content (AvgIpc) is 2.99. The molecule has 4 nitrogen and oxygen atoms in total. The zero-order valence-electron chi connectivity index (χ0n) is 13.4. The Morgan fingerprint density at radius 3 is 2.75 bits per heavy atom. The minimum Gasteiger partial charge on any atom is -0.317 e. The summed E-state index contributed by atoms with van der Waals surface area (Å²) in [5.74, 6) is 0.688. The van der Waals surface area contributed by atoms with E-state index < -0.39 is 0 Å². The molecule has 4 rings (SSSR count). The lowest BCUT2D eigenvalue weighted by Gasteiger charge is -2.21. The fourth-order valence-corrected chi connectivity index (χ4v) is 4.25. The fourth-order valence-electron chi connectivity index (χ4n) is 3.22. The SMILES string of the molecule is Nc1[nH+]c(N2CCCCC2)sc1C=C1C=Cc2ccccc2C1=O. The molecule has 122 valence electrons. The highest BCUT2D eigenvalue weighted by Gasteiger charge is 2.23. The Bertz CT molecular complexity index is 844. The number of benzene rings is 1. The molecule has 0 radical (unpaired) electrons. The summed E-state index contributed by atoms with van der Waals surface area (Å²) in [7, 11) is 0. The number of fused-ring (bicyclic) bond motifs is 1. The first kappa shape index (κ1) is 15.1. The zero-order chi connectivity index (χ0) is 16.5. The molecule has 0 unspecified atom stereocenters. The number of hydrogen-bond donors (Lipinski definition) is 1. The van der Waals surface area contributed by atoms with E-state index in [4.69, 9.17) is 5.73 Å². The number of hydrogen-bond acceptors (Lipinski definition) is 4. The summed E-state index contributed by atoms with van der Waals surface area (Å²) in [5, 5.41) is 1.09. The van der Waals surface area contributed by atoms with Crippen LogP contribution in [0, 0.1) is 0 Å². The van der Waals surface area contributed by atoms with Crippen LogP contribution in [0.15, 0.2) is 35.9 Å². The van der Waals surface area contributed by atoms with Gasteiger partial charge in [-0.25, -0.2) is 4.98 Å². The lowest BCUT2D eigenvalue weighted by molar-refractivity contribution is -0.340. The Morgan fingerprint density at radius 1 is 1.12 bits per heavy atom. The number of aromatic nitrogens is 1. The van der Waals surface area contributed by atoms with E-state index in [1.54, 1.807) is 11.3 Å². The van der Waals surface area contributed by atoms with Gasteiger partial charge in [-0.3, -0.25) is 9.69 Å². The molecule has 1 saturated heterocycles. The van der Waals surface area contributed by atoms with Gasteiger partial charge in [0, 0.05) is 11.1 Å². The molecule has 2 aromatic rings. The van der Waals surface area contributed by atoms with Crippen molar-refractivity contribution < 1.29 is 9.78 Å². The molecule has 1 fully saturated rings. The number of aromatic amines is 1. The summed E-state index contributed by atoms with van der Waals surface area (Å²) < 4.78 is 0. The molecule has 0 spiro atoms. The molecule has 1 aliphatic heterocycles. The Hall–Kier alpha value is -2.40. The number of carbonyl (C=O) groups is 1. The van der Waals surface area contributed by atoms with Gasteiger partial charge in [0.25, 0.3) is 5.13 Å². The van der Waals surface area contributed by atoms with E-state index in [9.17, 15) is 4.79 Å². The van der Waals surface area contributed by atoms with Gasteiger partial charge in [0.15, 0.2) is 5.78 Å². The minimum atomic E-state index is 0.0559. The summed E-state index contributed by atoms with van der Waals surface area (Å²) >= 11 is 1.63. The third kappa shape index (κ3) is 2.76. The van der Waals surface area contributed by atoms with Crippen molar-refractivity contribution in [3.8, 4) is 0 Å². The van der Waals surface area contributed by atoms with E-state index in [1.165, 1.54) is 19.3 Å². The van der Waals surface area contributed by atoms with Gasteiger partial charge in [-0.15, -0.1) is 0 Å². The number of Topliss-reactive ketones (excluding diaryl/α,β-unsaturated/α-hetero) is 1. The van der Waals surface area contributed by atoms with Crippen molar-refractivity contribution >= 4 is 40.2 Å². The number of piperidine rings is 1. The highest BCUT2D eigenvalue weighted by atomic mass is 32.1. The van der Waals surface area contributed by atoms with E-state index >= 15 is 0 Å². The normalized spacial score (nSPS) is 18.9. The Morgan fingerprint density at radius 2 is 1.92 bits per heavy atom. The van der Waals surface area contributed by atoms with Gasteiger partial charge < -0.3 is 5.73 Å². The van der Waals surface area contributed by atoms with Crippen molar-refractivity contribution in [2.45, 2.75) is 19.3 Å². The van der Waals surface area contributed by atoms with Crippen molar-refractivity contribution in [1.82, 2.24) is 0 Å². The lowest BCUT2D eigenvalue weighted by Crippen LogP contribution is -2.32. The number of nitrogens with one attached hydrogen (secondary N) is 1. The quantitative estimate of drug-likeness (QED) is 0.854. The van der Waals surface area contributed by atoms with Crippen molar-refractivity contribution in [2.24, 2.45) is 0 Å². The number of thiazole rings is 1. The first-order valence-electron chi connectivity index (χ1n) is 8.32. The maximum absolute atomic E-state index is 12.7. The monoisotopic (exact) mass is 338 g/mol. The largest absolute Gasteiger partial charge is 0.317 e. The second-order valence-corrected chi connectivity index (χ2v) is 7.24. The molecule has 2 heterocycles. The molecule has 0 atom stereocenters. The van der Waals surface area contributed by atoms with Crippen molar-refractivity contribution in [3.63, 3.8) is 0 Å². The highest BCUT2D eigenvalue weighted by Crippen LogP contribution is 2.30. The Labute approximate surface area is 145 Å². The molecule has 0 saturated carbocycles. The summed E-state index contributed by atoms with van der Waals surface area (Å²) in [6.45, 7) is 2.14. The Balaban J connectivity index is 1.64. The van der Waals surface area contributed by atoms with E-state index in [1.807, 2.05) is 42.5 Å². The third-order valence-electron chi connectivity index (χ3n) is 4.55. The fraction of sp³-hybridized carbons (Fsp3) is 0.263. The standard InChI is InChI=1S/C19H19N3OS/c20-18-16(24-19(21-18)22-10-4-1-5-11-22)12-14-9-8-13-6-2-3-7-15(13)17(14)23/h2-3,6-9,12H,1,4-5,10-11,20H2/p+1. The summed E-state index contributed by atoms with van der Waals surface area (Å²) in [6.07, 6.45) is 9.51. The predicted molar refractivity (Wildman–Crippen MR) is 99.1 cm³/mol. The number of allylic oxidation sites excluding steroid dienone is 2. The number of anilines is 2. The maximum Gasteiger partial charge on any atom is 0.280 e. The highest BCUT2D eigenvalue weighted by molar-refractivity contribution is 7.16. The van der Waals surface area contributed by atoms with Gasteiger partial charge in [-0.2, -0.15) is 0 Å². The topological polar surface area (TPSA) is 60.5 Å². The zero-order valence-corrected chi connectivity index (χ0v) is 14.2. The van der Waals surface area contributed by atoms with Gasteiger partial charge in [0.2, 0.25) is 5.82 Å². The van der Waals surface area contributed by atoms with Crippen molar-refractivity contribution in [1.29, 1.82) is 0 Å². The van der Waals surface area contributed by atoms with Crippen LogP contribution in [-0.4, -0.2) is 18.9 Å². The summed E-state index contributed by atoms with van der Waals surface area (Å²) in [4.78, 5) is 19.2. The smallest absolute Gasteiger partial charge is 0.280 e. The number of nitrogens with zero attached hydrogens (tertiary/aromatic N) is 1. The van der Waals surface area contributed by atoms with Gasteiger partial charge >= 0.3 is 0 Å². The van der Waals surface area contributed by atoms with Crippen LogP contribution in [0.1, 0.15) is 40.1 Å². The minimum absolute atomic E-state index is 0.0559. The first-order valence-corrected chi connectivity index (χ1v) is 9.14. The van der Waals surface area contributed by atoms with Gasteiger partial charge in [0.1, 0.15) is 4.88 Å². The van der Waals surface area contributed by atoms with Crippen LogP contribution in [0.5, 0.6) is 0 Å². The number of carbonyl (C=O) groups excluding carboxylic acids is 1. The molecule has 0 amide bonds. The molecule has 5 heteroatoms. The van der Waals surface area contributed by atoms with Crippen LogP contribution in [0.2, 0.25) is 0 Å². The third-order valence-corrected chi connectivity index (χ3v) is 5.66. The van der Waals surface area contributed by atoms with E-state index in [0.29, 0.717) is 11.4 Å². The predicted octanol–water partition coefficient (Wildman–Crippen LogP) is 3.43. The van der Waals surface area contributed by atoms with Crippen molar-refractivity contribution in [3.05, 3.63) is 51.9 Å². The molecular formula is C19H20N3OS+. The molecular weight excluding hydrogens is 318 g/mol. The van der Waals surface area contributed by atoms with Gasteiger partial charge in [-0.05, 0) is 30.9 Å². The van der Waals surface area contributed by atoms with Gasteiger partial charge in [-0.1, -0.05) is 47.8 Å². The molecule has 2 aliphatic rings. The first-order chi connectivity index (χ1) is 11.7. The van der Waals surface area contributed by atoms with Crippen molar-refractivity contribution in [2.75, 3.05) is 23.7 Å². The van der Waals surface area contributed by atoms with E-state index in [2.05, 4.69) is 9.88 Å². The number of ketones is 1. The van der Waals surface area contributed by atoms with Crippen LogP contribution in [0.25, 0.3) is 12.2 Å². The second-order valence-electron chi connectivity index (χ2n) is 6.21. The van der Waals surface area contributed by atoms with Crippen LogP contribution in [0.3, 0.4) is 0 Å².